The molecule has 0 N–H and O–H groups in total. The number of benzene rings is 2. The predicted molar refractivity (Wildman–Crippen MR) is 109 cm³/mol. The summed E-state index contributed by atoms with van der Waals surface area (Å²) in [4.78, 5) is 2.41. The van der Waals surface area contributed by atoms with E-state index in [1.54, 1.807) is 17.9 Å². The summed E-state index contributed by atoms with van der Waals surface area (Å²) in [6.07, 6.45) is 0.567. The van der Waals surface area contributed by atoms with Crippen molar-refractivity contribution in [2.75, 3.05) is 14.2 Å². The number of methoxy groups -OCH3 is 1. The number of aromatic nitrogens is 2. The zero-order chi connectivity index (χ0) is 19.4. The molecular weight excluding hydrogens is 405 g/mol. The van der Waals surface area contributed by atoms with E-state index in [0.717, 1.165) is 16.9 Å². The third kappa shape index (κ3) is 5.32. The van der Waals surface area contributed by atoms with Crippen molar-refractivity contribution >= 4 is 35.4 Å². The van der Waals surface area contributed by atoms with E-state index in [1.165, 1.54) is 0 Å². The Morgan fingerprint density at radius 3 is 2.48 bits per heavy atom. The second-order valence-electron chi connectivity index (χ2n) is 6.19. The lowest BCUT2D eigenvalue weighted by atomic mass is 10.1. The minimum absolute atomic E-state index is 0.347. The Hall–Kier alpha value is -1.86. The minimum atomic E-state index is 0.347. The Labute approximate surface area is 173 Å². The Morgan fingerprint density at radius 1 is 1.11 bits per heavy atom. The molecule has 0 fully saturated rings. The second kappa shape index (κ2) is 8.89. The molecule has 0 amide bonds. The monoisotopic (exact) mass is 423 g/mol. The van der Waals surface area contributed by atoms with E-state index in [9.17, 15) is 0 Å². The van der Waals surface area contributed by atoms with Crippen molar-refractivity contribution in [3.63, 3.8) is 0 Å². The van der Waals surface area contributed by atoms with E-state index < -0.39 is 0 Å². The minimum Gasteiger partial charge on any atom is -0.497 e. The molecule has 0 saturated heterocycles. The maximum absolute atomic E-state index is 6.07. The van der Waals surface area contributed by atoms with Gasteiger partial charge in [0.2, 0.25) is 5.89 Å². The van der Waals surface area contributed by atoms with Gasteiger partial charge in [-0.25, -0.2) is 4.68 Å². The summed E-state index contributed by atoms with van der Waals surface area (Å²) < 4.78 is 12.5. The summed E-state index contributed by atoms with van der Waals surface area (Å²) in [6, 6.07) is 13.4. The van der Waals surface area contributed by atoms with Gasteiger partial charge in [-0.15, -0.1) is 5.10 Å². The lowest BCUT2D eigenvalue weighted by molar-refractivity contribution is 0.240. The largest absolute Gasteiger partial charge is 0.497 e. The van der Waals surface area contributed by atoms with E-state index in [0.29, 0.717) is 40.4 Å². The zero-order valence-electron chi connectivity index (χ0n) is 15.0. The molecule has 0 aliphatic carbocycles. The van der Waals surface area contributed by atoms with Crippen LogP contribution in [0.4, 0.5) is 0 Å². The molecule has 2 aromatic carbocycles. The molecule has 5 nitrogen and oxygen atoms in total. The van der Waals surface area contributed by atoms with Gasteiger partial charge >= 0.3 is 0 Å². The lowest BCUT2D eigenvalue weighted by Crippen LogP contribution is -2.22. The molecule has 0 bridgehead atoms. The van der Waals surface area contributed by atoms with Gasteiger partial charge < -0.3 is 9.15 Å². The molecule has 27 heavy (non-hydrogen) atoms. The van der Waals surface area contributed by atoms with Crippen molar-refractivity contribution in [2.24, 2.45) is 0 Å². The number of rotatable bonds is 7. The molecule has 1 heterocycles. The Morgan fingerprint density at radius 2 is 1.81 bits per heavy atom. The van der Waals surface area contributed by atoms with Crippen LogP contribution in [0.25, 0.3) is 0 Å². The molecular formula is C19H19Cl2N3O2S. The van der Waals surface area contributed by atoms with Crippen molar-refractivity contribution in [1.29, 1.82) is 0 Å². The van der Waals surface area contributed by atoms with E-state index in [4.69, 9.17) is 44.6 Å². The summed E-state index contributed by atoms with van der Waals surface area (Å²) in [5.74, 6) is 1.39. The van der Waals surface area contributed by atoms with Crippen LogP contribution < -0.4 is 4.74 Å². The Balaban J connectivity index is 1.64. The van der Waals surface area contributed by atoms with Gasteiger partial charge in [0.25, 0.3) is 4.84 Å². The van der Waals surface area contributed by atoms with Crippen LogP contribution in [0.3, 0.4) is 0 Å². The fourth-order valence-corrected chi connectivity index (χ4v) is 3.17. The van der Waals surface area contributed by atoms with E-state index >= 15 is 0 Å². The SMILES string of the molecule is COc1ccc(Cc2nn(CN(C)Cc3ccc(Cl)c(Cl)c3)c(=S)o2)cc1. The van der Waals surface area contributed by atoms with Gasteiger partial charge in [-0.2, -0.15) is 0 Å². The highest BCUT2D eigenvalue weighted by Crippen LogP contribution is 2.23. The van der Waals surface area contributed by atoms with Crippen LogP contribution in [0.5, 0.6) is 5.75 Å². The van der Waals surface area contributed by atoms with Crippen LogP contribution in [-0.2, 0) is 19.6 Å². The van der Waals surface area contributed by atoms with Crippen LogP contribution in [0.15, 0.2) is 46.9 Å². The first-order chi connectivity index (χ1) is 12.9. The molecule has 142 valence electrons. The van der Waals surface area contributed by atoms with E-state index in [2.05, 4.69) is 10.00 Å². The summed E-state index contributed by atoms with van der Waals surface area (Å²) >= 11 is 17.3. The van der Waals surface area contributed by atoms with Crippen LogP contribution in [0, 0.1) is 4.84 Å². The van der Waals surface area contributed by atoms with Gasteiger partial charge in [0.15, 0.2) is 0 Å². The van der Waals surface area contributed by atoms with Crippen LogP contribution in [0.2, 0.25) is 10.0 Å². The topological polar surface area (TPSA) is 43.4 Å². The zero-order valence-corrected chi connectivity index (χ0v) is 17.3. The maximum atomic E-state index is 6.07. The Kier molecular flexibility index (Phi) is 6.55. The number of halogens is 2. The standard InChI is InChI=1S/C19H19Cl2N3O2S/c1-23(11-14-5-8-16(20)17(21)9-14)12-24-19(27)26-18(22-24)10-13-3-6-15(25-2)7-4-13/h3-9H,10-12H2,1-2H3. The maximum Gasteiger partial charge on any atom is 0.288 e. The molecule has 1 aromatic heterocycles. The molecule has 0 spiro atoms. The first kappa shape index (κ1) is 19.9. The molecule has 3 aromatic rings. The molecule has 3 rings (SSSR count). The molecule has 8 heteroatoms. The van der Waals surface area contributed by atoms with Gasteiger partial charge in [-0.1, -0.05) is 41.4 Å². The van der Waals surface area contributed by atoms with Crippen LogP contribution in [0.1, 0.15) is 17.0 Å². The van der Waals surface area contributed by atoms with Crippen molar-refractivity contribution in [1.82, 2.24) is 14.7 Å². The molecule has 0 aliphatic rings. The summed E-state index contributed by atoms with van der Waals surface area (Å²) in [5.41, 5.74) is 2.13. The van der Waals surface area contributed by atoms with Crippen molar-refractivity contribution in [3.05, 3.63) is 74.4 Å². The predicted octanol–water partition coefficient (Wildman–Crippen LogP) is 5.20. The quantitative estimate of drug-likeness (QED) is 0.488. The molecule has 0 radical (unpaired) electrons. The van der Waals surface area contributed by atoms with Crippen LogP contribution in [-0.4, -0.2) is 28.8 Å². The third-order valence-corrected chi connectivity index (χ3v) is 5.01. The second-order valence-corrected chi connectivity index (χ2v) is 7.35. The van der Waals surface area contributed by atoms with Crippen molar-refractivity contribution in [2.45, 2.75) is 19.6 Å². The molecule has 0 atom stereocenters. The first-order valence-corrected chi connectivity index (χ1v) is 9.43. The molecule has 0 aliphatic heterocycles. The molecule has 0 unspecified atom stereocenters. The van der Waals surface area contributed by atoms with Gasteiger partial charge in [-0.05, 0) is 54.7 Å². The summed E-state index contributed by atoms with van der Waals surface area (Å²) in [5, 5.41) is 5.58. The highest BCUT2D eigenvalue weighted by molar-refractivity contribution is 7.71. The number of nitrogens with zero attached hydrogens (tertiary/aromatic N) is 3. The van der Waals surface area contributed by atoms with Crippen molar-refractivity contribution < 1.29 is 9.15 Å². The average Bonchev–Trinajstić information content (AvgIpc) is 2.97. The number of ether oxygens (including phenoxy) is 1. The fourth-order valence-electron chi connectivity index (χ4n) is 2.66. The number of hydrogen-bond donors (Lipinski definition) is 0. The van der Waals surface area contributed by atoms with E-state index in [1.807, 2.05) is 43.4 Å². The van der Waals surface area contributed by atoms with Gasteiger partial charge in [0.05, 0.1) is 30.2 Å². The van der Waals surface area contributed by atoms with Gasteiger partial charge in [-0.3, -0.25) is 4.90 Å². The van der Waals surface area contributed by atoms with Gasteiger partial charge in [0.1, 0.15) is 5.75 Å². The lowest BCUT2D eigenvalue weighted by Gasteiger charge is -2.16. The first-order valence-electron chi connectivity index (χ1n) is 8.27. The van der Waals surface area contributed by atoms with Crippen molar-refractivity contribution in [3.8, 4) is 5.75 Å². The average molecular weight is 424 g/mol. The smallest absolute Gasteiger partial charge is 0.288 e. The highest BCUT2D eigenvalue weighted by atomic mass is 35.5. The normalized spacial score (nSPS) is 11.1. The Bertz CT molecular complexity index is 970. The highest BCUT2D eigenvalue weighted by Gasteiger charge is 2.10. The molecule has 0 saturated carbocycles. The summed E-state index contributed by atoms with van der Waals surface area (Å²) in [7, 11) is 3.62. The van der Waals surface area contributed by atoms with E-state index in [-0.39, 0.29) is 0 Å². The van der Waals surface area contributed by atoms with Gasteiger partial charge in [0, 0.05) is 6.54 Å². The van der Waals surface area contributed by atoms with Crippen LogP contribution >= 0.6 is 35.4 Å². The summed E-state index contributed by atoms with van der Waals surface area (Å²) in [6.45, 7) is 1.19. The number of hydrogen-bond acceptors (Lipinski definition) is 5. The fraction of sp³-hybridized carbons (Fsp3) is 0.263. The third-order valence-electron chi connectivity index (χ3n) is 3.97.